The number of hydrogen-bond donors (Lipinski definition) is 4. The van der Waals surface area contributed by atoms with Crippen LogP contribution in [0.4, 0.5) is 17.2 Å². The van der Waals surface area contributed by atoms with Crippen LogP contribution in [0.25, 0.3) is 11.3 Å². The van der Waals surface area contributed by atoms with Crippen LogP contribution in [0.1, 0.15) is 32.1 Å². The second-order valence-electron chi connectivity index (χ2n) is 7.84. The highest BCUT2D eigenvalue weighted by Crippen LogP contribution is 2.40. The van der Waals surface area contributed by atoms with E-state index in [0.29, 0.717) is 38.9 Å². The Labute approximate surface area is 197 Å². The number of aliphatic carboxylic acids is 1. The Kier molecular flexibility index (Phi) is 5.64. The first-order valence-electron chi connectivity index (χ1n) is 10.5. The van der Waals surface area contributed by atoms with Crippen LogP contribution in [-0.2, 0) is 11.2 Å². The normalized spacial score (nSPS) is 14.9. The number of carboxylic acids is 1. The third kappa shape index (κ3) is 4.18. The van der Waals surface area contributed by atoms with Crippen molar-refractivity contribution in [1.29, 1.82) is 0 Å². The minimum Gasteiger partial charge on any atom is -0.481 e. The largest absolute Gasteiger partial charge is 0.481 e. The van der Waals surface area contributed by atoms with E-state index in [1.54, 1.807) is 23.8 Å². The summed E-state index contributed by atoms with van der Waals surface area (Å²) in [6, 6.07) is 12.9. The summed E-state index contributed by atoms with van der Waals surface area (Å²) in [6.45, 7) is 0. The number of carboxylic acid groups (broad SMARTS) is 1. The third-order valence-electron chi connectivity index (χ3n) is 5.58. The number of nitrogens with zero attached hydrogens (tertiary/aromatic N) is 2. The molecule has 4 N–H and O–H groups in total. The molecule has 0 aliphatic heterocycles. The fourth-order valence-electron chi connectivity index (χ4n) is 4.00. The molecule has 1 aromatic carbocycles. The number of fused-ring (bicyclic) bond motifs is 1. The highest BCUT2D eigenvalue weighted by atomic mass is 32.1. The van der Waals surface area contributed by atoms with Gasteiger partial charge in [-0.1, -0.05) is 18.2 Å². The van der Waals surface area contributed by atoms with Crippen LogP contribution in [0.5, 0.6) is 0 Å². The van der Waals surface area contributed by atoms with Gasteiger partial charge in [0.1, 0.15) is 10.7 Å². The van der Waals surface area contributed by atoms with Crippen LogP contribution in [-0.4, -0.2) is 37.7 Å². The lowest BCUT2D eigenvalue weighted by atomic mass is 9.86. The molecule has 0 fully saturated rings. The number of para-hydroxylation sites is 1. The Bertz CT molecular complexity index is 1380. The lowest BCUT2D eigenvalue weighted by Gasteiger charge is -2.18. The van der Waals surface area contributed by atoms with Crippen molar-refractivity contribution in [3.63, 3.8) is 0 Å². The monoisotopic (exact) mass is 473 g/mol. The zero-order valence-corrected chi connectivity index (χ0v) is 18.6. The second kappa shape index (κ2) is 8.91. The van der Waals surface area contributed by atoms with Crippen molar-refractivity contribution in [2.24, 2.45) is 5.92 Å². The predicted octanol–water partition coefficient (Wildman–Crippen LogP) is 4.36. The summed E-state index contributed by atoms with van der Waals surface area (Å²) in [5.41, 5.74) is 5.26. The van der Waals surface area contributed by atoms with Gasteiger partial charge in [-0.05, 0) is 24.3 Å². The molecule has 3 aromatic heterocycles. The van der Waals surface area contributed by atoms with Crippen molar-refractivity contribution in [1.82, 2.24) is 15.0 Å². The molecular weight excluding hydrogens is 454 g/mol. The molecule has 170 valence electrons. The van der Waals surface area contributed by atoms with Crippen LogP contribution in [0.15, 0.2) is 60.4 Å². The zero-order chi connectivity index (χ0) is 23.7. The van der Waals surface area contributed by atoms with Gasteiger partial charge in [-0.3, -0.25) is 19.4 Å². The van der Waals surface area contributed by atoms with Crippen LogP contribution in [0, 0.1) is 5.92 Å². The SMILES string of the molecule is O=C(Nc1cc(-c2[nH]c3c(c2Nc2ccccc2)C(=O)CC(C(=O)O)C3)ccn1)c1cncs1. The van der Waals surface area contributed by atoms with Crippen molar-refractivity contribution in [3.05, 3.63) is 76.5 Å². The lowest BCUT2D eigenvalue weighted by Crippen LogP contribution is -2.26. The molecule has 0 spiro atoms. The Morgan fingerprint density at radius 2 is 1.97 bits per heavy atom. The summed E-state index contributed by atoms with van der Waals surface area (Å²) >= 11 is 1.22. The molecule has 3 heterocycles. The van der Waals surface area contributed by atoms with Crippen LogP contribution < -0.4 is 10.6 Å². The summed E-state index contributed by atoms with van der Waals surface area (Å²) in [5, 5.41) is 15.6. The Morgan fingerprint density at radius 3 is 2.71 bits per heavy atom. The minimum atomic E-state index is -0.996. The van der Waals surface area contributed by atoms with Crippen LogP contribution in [0.2, 0.25) is 0 Å². The number of amides is 1. The molecule has 1 aliphatic carbocycles. The topological polar surface area (TPSA) is 137 Å². The minimum absolute atomic E-state index is 0.0599. The average molecular weight is 474 g/mol. The van der Waals surface area contributed by atoms with Crippen molar-refractivity contribution >= 4 is 46.2 Å². The van der Waals surface area contributed by atoms with E-state index in [2.05, 4.69) is 25.6 Å². The average Bonchev–Trinajstić information content (AvgIpc) is 3.49. The second-order valence-corrected chi connectivity index (χ2v) is 8.72. The maximum absolute atomic E-state index is 13.0. The molecule has 10 heteroatoms. The number of H-pyrrole nitrogens is 1. The molecule has 1 aliphatic rings. The maximum atomic E-state index is 13.0. The number of ketones is 1. The summed E-state index contributed by atoms with van der Waals surface area (Å²) in [6.07, 6.45) is 3.20. The number of rotatable bonds is 6. The van der Waals surface area contributed by atoms with Crippen molar-refractivity contribution in [2.45, 2.75) is 12.8 Å². The lowest BCUT2D eigenvalue weighted by molar-refractivity contribution is -0.141. The number of Topliss-reactive ketones (excluding diaryl/α,β-unsaturated/α-hetero) is 1. The first kappa shape index (κ1) is 21.5. The number of thiazole rings is 1. The standard InChI is InChI=1S/C24H19N5O4S/c30-17-9-14(24(32)33)8-16-20(17)22(27-15-4-2-1-3-5-15)21(28-16)13-6-7-26-19(10-13)29-23(31)18-11-25-12-34-18/h1-7,10-12,14,27-28H,8-9H2,(H,32,33)(H,26,29,31). The van der Waals surface area contributed by atoms with Crippen molar-refractivity contribution in [3.8, 4) is 11.3 Å². The maximum Gasteiger partial charge on any atom is 0.307 e. The van der Waals surface area contributed by atoms with Crippen molar-refractivity contribution in [2.75, 3.05) is 10.6 Å². The number of aromatic amines is 1. The Balaban J connectivity index is 1.56. The Morgan fingerprint density at radius 1 is 1.15 bits per heavy atom. The van der Waals surface area contributed by atoms with E-state index in [1.807, 2.05) is 30.3 Å². The van der Waals surface area contributed by atoms with E-state index in [9.17, 15) is 19.5 Å². The first-order chi connectivity index (χ1) is 16.5. The predicted molar refractivity (Wildman–Crippen MR) is 128 cm³/mol. The zero-order valence-electron chi connectivity index (χ0n) is 17.7. The quantitative estimate of drug-likeness (QED) is 0.326. The van der Waals surface area contributed by atoms with Gasteiger partial charge in [-0.25, -0.2) is 4.98 Å². The van der Waals surface area contributed by atoms with Gasteiger partial charge in [0, 0.05) is 36.0 Å². The molecule has 9 nitrogen and oxygen atoms in total. The fourth-order valence-corrected chi connectivity index (χ4v) is 4.51. The van der Waals surface area contributed by atoms with Gasteiger partial charge in [0.05, 0.1) is 34.6 Å². The Hall–Kier alpha value is -4.31. The molecule has 34 heavy (non-hydrogen) atoms. The molecular formula is C24H19N5O4S. The molecule has 0 radical (unpaired) electrons. The van der Waals surface area contributed by atoms with E-state index in [0.717, 1.165) is 5.69 Å². The number of pyridine rings is 1. The van der Waals surface area contributed by atoms with E-state index < -0.39 is 11.9 Å². The smallest absolute Gasteiger partial charge is 0.307 e. The molecule has 0 bridgehead atoms. The van der Waals surface area contributed by atoms with Crippen LogP contribution >= 0.6 is 11.3 Å². The summed E-state index contributed by atoms with van der Waals surface area (Å²) in [4.78, 5) is 48.9. The van der Waals surface area contributed by atoms with E-state index in [4.69, 9.17) is 0 Å². The summed E-state index contributed by atoms with van der Waals surface area (Å²) in [7, 11) is 0. The molecule has 1 atom stereocenters. The van der Waals surface area contributed by atoms with Gasteiger partial charge in [0.25, 0.3) is 5.91 Å². The molecule has 1 amide bonds. The van der Waals surface area contributed by atoms with Gasteiger partial charge >= 0.3 is 5.97 Å². The molecule has 0 saturated heterocycles. The molecule has 4 aromatic rings. The number of nitrogens with one attached hydrogen (secondary N) is 3. The number of anilines is 3. The number of carbonyl (C=O) groups is 3. The third-order valence-corrected chi connectivity index (χ3v) is 6.35. The van der Waals surface area contributed by atoms with Gasteiger partial charge in [-0.2, -0.15) is 0 Å². The molecule has 1 unspecified atom stereocenters. The summed E-state index contributed by atoms with van der Waals surface area (Å²) < 4.78 is 0. The highest BCUT2D eigenvalue weighted by Gasteiger charge is 2.35. The first-order valence-corrected chi connectivity index (χ1v) is 11.4. The number of carbonyl (C=O) groups excluding carboxylic acids is 2. The van der Waals surface area contributed by atoms with Gasteiger partial charge in [-0.15, -0.1) is 11.3 Å². The van der Waals surface area contributed by atoms with Gasteiger partial charge in [0.15, 0.2) is 5.78 Å². The molecule has 0 saturated carbocycles. The number of hydrogen-bond acceptors (Lipinski definition) is 7. The number of benzene rings is 1. The van der Waals surface area contributed by atoms with Gasteiger partial charge in [0.2, 0.25) is 0 Å². The van der Waals surface area contributed by atoms with Crippen LogP contribution in [0.3, 0.4) is 0 Å². The summed E-state index contributed by atoms with van der Waals surface area (Å²) in [5.74, 6) is -1.99. The number of aromatic nitrogens is 3. The van der Waals surface area contributed by atoms with E-state index in [-0.39, 0.29) is 24.5 Å². The van der Waals surface area contributed by atoms with Gasteiger partial charge < -0.3 is 20.7 Å². The fraction of sp³-hybridized carbons (Fsp3) is 0.125. The van der Waals surface area contributed by atoms with E-state index in [1.165, 1.54) is 17.5 Å². The van der Waals surface area contributed by atoms with Crippen molar-refractivity contribution < 1.29 is 19.5 Å². The molecule has 5 rings (SSSR count). The highest BCUT2D eigenvalue weighted by molar-refractivity contribution is 7.11. The van der Waals surface area contributed by atoms with E-state index >= 15 is 0 Å².